The van der Waals surface area contributed by atoms with Crippen molar-refractivity contribution in [2.75, 3.05) is 13.1 Å². The summed E-state index contributed by atoms with van der Waals surface area (Å²) >= 11 is 0. The molecule has 0 radical (unpaired) electrons. The van der Waals surface area contributed by atoms with Crippen LogP contribution in [0.1, 0.15) is 64.9 Å². The number of piperidine rings is 1. The van der Waals surface area contributed by atoms with Gasteiger partial charge in [0, 0.05) is 19.1 Å². The summed E-state index contributed by atoms with van der Waals surface area (Å²) in [5.74, 6) is 0. The van der Waals surface area contributed by atoms with Crippen LogP contribution in [0.2, 0.25) is 0 Å². The Bertz CT molecular complexity index is 681. The van der Waals surface area contributed by atoms with Gasteiger partial charge in [0.25, 0.3) is 0 Å². The molecule has 1 aromatic carbocycles. The molecule has 1 aliphatic carbocycles. The van der Waals surface area contributed by atoms with Crippen molar-refractivity contribution in [2.24, 2.45) is 5.41 Å². The third kappa shape index (κ3) is 6.38. The zero-order valence-electron chi connectivity index (χ0n) is 17.9. The van der Waals surface area contributed by atoms with Crippen LogP contribution in [0.25, 0.3) is 0 Å². The van der Waals surface area contributed by atoms with E-state index in [1.807, 2.05) is 56.0 Å². The second-order valence-electron chi connectivity index (χ2n) is 9.45. The Morgan fingerprint density at radius 2 is 1.69 bits per heavy atom. The molecule has 2 fully saturated rings. The Labute approximate surface area is 173 Å². The Hall–Kier alpha value is -2.24. The Kier molecular flexibility index (Phi) is 6.70. The number of alkyl carbamates (subject to hydrolysis) is 1. The number of benzene rings is 1. The van der Waals surface area contributed by atoms with Gasteiger partial charge in [0.1, 0.15) is 12.2 Å². The van der Waals surface area contributed by atoms with Crippen molar-refractivity contribution < 1.29 is 19.1 Å². The second kappa shape index (κ2) is 9.06. The van der Waals surface area contributed by atoms with E-state index in [9.17, 15) is 9.59 Å². The highest BCUT2D eigenvalue weighted by atomic mass is 16.6. The average molecular weight is 403 g/mol. The van der Waals surface area contributed by atoms with E-state index in [4.69, 9.17) is 9.47 Å². The van der Waals surface area contributed by atoms with Crippen molar-refractivity contribution in [1.29, 1.82) is 0 Å². The molecule has 6 heteroatoms. The van der Waals surface area contributed by atoms with Gasteiger partial charge in [-0.25, -0.2) is 9.59 Å². The van der Waals surface area contributed by atoms with Crippen molar-refractivity contribution in [3.63, 3.8) is 0 Å². The molecule has 1 saturated heterocycles. The first-order chi connectivity index (χ1) is 13.7. The maximum atomic E-state index is 12.3. The molecule has 2 aliphatic rings. The number of ether oxygens (including phenoxy) is 2. The number of carbonyl (C=O) groups excluding carboxylic acids is 2. The van der Waals surface area contributed by atoms with Gasteiger partial charge < -0.3 is 19.7 Å². The number of likely N-dealkylation sites (tertiary alicyclic amines) is 1. The normalized spacial score (nSPS) is 19.6. The minimum Gasteiger partial charge on any atom is -0.445 e. The molecule has 6 nitrogen and oxygen atoms in total. The molecule has 0 unspecified atom stereocenters. The molecule has 1 aliphatic heterocycles. The largest absolute Gasteiger partial charge is 0.445 e. The summed E-state index contributed by atoms with van der Waals surface area (Å²) in [5, 5.41) is 3.02. The lowest BCUT2D eigenvalue weighted by Crippen LogP contribution is -2.48. The van der Waals surface area contributed by atoms with E-state index < -0.39 is 5.60 Å². The summed E-state index contributed by atoms with van der Waals surface area (Å²) in [6, 6.07) is 9.88. The van der Waals surface area contributed by atoms with E-state index in [1.165, 1.54) is 0 Å². The van der Waals surface area contributed by atoms with Crippen molar-refractivity contribution >= 4 is 12.2 Å². The molecule has 0 atom stereocenters. The lowest BCUT2D eigenvalue weighted by Gasteiger charge is -2.45. The molecule has 1 aromatic rings. The fourth-order valence-electron chi connectivity index (χ4n) is 4.30. The monoisotopic (exact) mass is 402 g/mol. The number of hydrogen-bond acceptors (Lipinski definition) is 4. The summed E-state index contributed by atoms with van der Waals surface area (Å²) in [7, 11) is 0. The van der Waals surface area contributed by atoms with Crippen molar-refractivity contribution in [3.05, 3.63) is 35.9 Å². The van der Waals surface area contributed by atoms with Crippen LogP contribution in [0.15, 0.2) is 30.3 Å². The van der Waals surface area contributed by atoms with Gasteiger partial charge in [0.15, 0.2) is 0 Å². The van der Waals surface area contributed by atoms with Crippen LogP contribution in [-0.4, -0.2) is 41.8 Å². The first-order valence-corrected chi connectivity index (χ1v) is 10.7. The second-order valence-corrected chi connectivity index (χ2v) is 9.45. The molecule has 0 aromatic heterocycles. The van der Waals surface area contributed by atoms with Crippen molar-refractivity contribution in [3.8, 4) is 0 Å². The van der Waals surface area contributed by atoms with E-state index >= 15 is 0 Å². The summed E-state index contributed by atoms with van der Waals surface area (Å²) in [6.45, 7) is 7.50. The lowest BCUT2D eigenvalue weighted by atomic mass is 9.67. The molecule has 1 spiro atoms. The number of carbonyl (C=O) groups is 2. The Morgan fingerprint density at radius 1 is 1.07 bits per heavy atom. The van der Waals surface area contributed by atoms with Crippen molar-refractivity contribution in [1.82, 2.24) is 10.2 Å². The molecule has 3 rings (SSSR count). The van der Waals surface area contributed by atoms with E-state index in [-0.39, 0.29) is 18.2 Å². The van der Waals surface area contributed by atoms with Crippen LogP contribution in [-0.2, 0) is 16.1 Å². The zero-order chi connectivity index (χ0) is 20.9. The predicted molar refractivity (Wildman–Crippen MR) is 111 cm³/mol. The molecule has 1 heterocycles. The van der Waals surface area contributed by atoms with E-state index in [2.05, 4.69) is 5.32 Å². The van der Waals surface area contributed by atoms with Gasteiger partial charge in [-0.2, -0.15) is 0 Å². The van der Waals surface area contributed by atoms with Gasteiger partial charge in [-0.3, -0.25) is 0 Å². The van der Waals surface area contributed by atoms with Crippen LogP contribution in [0.4, 0.5) is 9.59 Å². The fourth-order valence-corrected chi connectivity index (χ4v) is 4.30. The van der Waals surface area contributed by atoms with Crippen LogP contribution < -0.4 is 5.32 Å². The molecule has 160 valence electrons. The maximum absolute atomic E-state index is 12.3. The average Bonchev–Trinajstić information content (AvgIpc) is 2.68. The summed E-state index contributed by atoms with van der Waals surface area (Å²) in [6.07, 6.45) is 5.57. The van der Waals surface area contributed by atoms with Crippen LogP contribution in [0.5, 0.6) is 0 Å². The standard InChI is InChI=1S/C23H34N2O4/c1-22(2,3)29-21(27)25-15-13-23(14-16-25)11-9-19(10-12-23)24-20(26)28-17-18-7-5-4-6-8-18/h4-8,19H,9-17H2,1-3H3,(H,24,26). The highest BCUT2D eigenvalue weighted by Crippen LogP contribution is 2.44. The van der Waals surface area contributed by atoms with Crippen LogP contribution in [0.3, 0.4) is 0 Å². The van der Waals surface area contributed by atoms with E-state index in [0.29, 0.717) is 12.0 Å². The Morgan fingerprint density at radius 3 is 2.28 bits per heavy atom. The van der Waals surface area contributed by atoms with E-state index in [0.717, 1.165) is 57.2 Å². The van der Waals surface area contributed by atoms with Crippen molar-refractivity contribution in [2.45, 2.75) is 77.5 Å². The molecule has 2 amide bonds. The highest BCUT2D eigenvalue weighted by molar-refractivity contribution is 5.68. The third-order valence-corrected chi connectivity index (χ3v) is 6.06. The van der Waals surface area contributed by atoms with E-state index in [1.54, 1.807) is 0 Å². The number of nitrogens with one attached hydrogen (secondary N) is 1. The minimum absolute atomic E-state index is 0.174. The molecular weight excluding hydrogens is 368 g/mol. The fraction of sp³-hybridized carbons (Fsp3) is 0.652. The van der Waals surface area contributed by atoms with Crippen LogP contribution >= 0.6 is 0 Å². The molecule has 1 saturated carbocycles. The van der Waals surface area contributed by atoms with Gasteiger partial charge in [-0.1, -0.05) is 30.3 Å². The van der Waals surface area contributed by atoms with Gasteiger partial charge >= 0.3 is 12.2 Å². The molecule has 29 heavy (non-hydrogen) atoms. The number of amides is 2. The van der Waals surface area contributed by atoms with Gasteiger partial charge in [0.05, 0.1) is 0 Å². The lowest BCUT2D eigenvalue weighted by molar-refractivity contribution is 0.00265. The summed E-state index contributed by atoms with van der Waals surface area (Å²) in [4.78, 5) is 26.2. The maximum Gasteiger partial charge on any atom is 0.410 e. The first-order valence-electron chi connectivity index (χ1n) is 10.7. The molecule has 0 bridgehead atoms. The van der Waals surface area contributed by atoms with Gasteiger partial charge in [0.2, 0.25) is 0 Å². The van der Waals surface area contributed by atoms with Gasteiger partial charge in [-0.15, -0.1) is 0 Å². The summed E-state index contributed by atoms with van der Waals surface area (Å²) in [5.41, 5.74) is 0.831. The van der Waals surface area contributed by atoms with Crippen LogP contribution in [0, 0.1) is 5.41 Å². The third-order valence-electron chi connectivity index (χ3n) is 6.06. The quantitative estimate of drug-likeness (QED) is 0.783. The number of hydrogen-bond donors (Lipinski definition) is 1. The zero-order valence-corrected chi connectivity index (χ0v) is 17.9. The predicted octanol–water partition coefficient (Wildman–Crippen LogP) is 4.87. The number of rotatable bonds is 3. The first kappa shape index (κ1) is 21.5. The summed E-state index contributed by atoms with van der Waals surface area (Å²) < 4.78 is 10.8. The smallest absolute Gasteiger partial charge is 0.410 e. The molecular formula is C23H34N2O4. The highest BCUT2D eigenvalue weighted by Gasteiger charge is 2.40. The minimum atomic E-state index is -0.453. The number of nitrogens with zero attached hydrogens (tertiary/aromatic N) is 1. The molecule has 1 N–H and O–H groups in total. The topological polar surface area (TPSA) is 67.9 Å². The van der Waals surface area contributed by atoms with Gasteiger partial charge in [-0.05, 0) is 70.3 Å². The SMILES string of the molecule is CC(C)(C)OC(=O)N1CCC2(CCC(NC(=O)OCc3ccccc3)CC2)CC1. The Balaban J connectivity index is 1.38.